The Balaban J connectivity index is 1.67. The highest BCUT2D eigenvalue weighted by Crippen LogP contribution is 2.31. The fourth-order valence-electron chi connectivity index (χ4n) is 2.86. The predicted molar refractivity (Wildman–Crippen MR) is 85.4 cm³/mol. The van der Waals surface area contributed by atoms with Crippen LogP contribution in [-0.2, 0) is 0 Å². The van der Waals surface area contributed by atoms with Gasteiger partial charge < -0.3 is 10.6 Å². The van der Waals surface area contributed by atoms with E-state index < -0.39 is 0 Å². The topological polar surface area (TPSA) is 37.0 Å². The van der Waals surface area contributed by atoms with Crippen molar-refractivity contribution in [2.45, 2.75) is 31.7 Å². The number of aromatic nitrogens is 1. The first kappa shape index (κ1) is 13.6. The van der Waals surface area contributed by atoms with Crippen molar-refractivity contribution in [1.29, 1.82) is 0 Å². The summed E-state index contributed by atoms with van der Waals surface area (Å²) < 4.78 is 0. The summed E-state index contributed by atoms with van der Waals surface area (Å²) >= 11 is 1.74. The highest BCUT2D eigenvalue weighted by Gasteiger charge is 2.21. The van der Waals surface area contributed by atoms with E-state index in [-0.39, 0.29) is 0 Å². The van der Waals surface area contributed by atoms with Gasteiger partial charge in [-0.1, -0.05) is 25.1 Å². The quantitative estimate of drug-likeness (QED) is 0.878. The Morgan fingerprint density at radius 3 is 3.15 bits per heavy atom. The van der Waals surface area contributed by atoms with Gasteiger partial charge in [0.05, 0.1) is 6.04 Å². The average molecular weight is 287 g/mol. The lowest BCUT2D eigenvalue weighted by molar-refractivity contribution is 0.469. The zero-order valence-electron chi connectivity index (χ0n) is 11.8. The first-order valence-electron chi connectivity index (χ1n) is 7.34. The number of nitrogens with one attached hydrogen (secondary N) is 2. The molecule has 0 radical (unpaired) electrons. The van der Waals surface area contributed by atoms with Gasteiger partial charge in [0.25, 0.3) is 0 Å². The maximum absolute atomic E-state index is 4.44. The van der Waals surface area contributed by atoms with E-state index in [0.29, 0.717) is 12.0 Å². The fourth-order valence-corrected chi connectivity index (χ4v) is 3.66. The maximum Gasteiger partial charge on any atom is 0.109 e. The van der Waals surface area contributed by atoms with Gasteiger partial charge in [-0.25, -0.2) is 4.98 Å². The molecule has 2 N–H and O–H groups in total. The van der Waals surface area contributed by atoms with Crippen LogP contribution < -0.4 is 10.6 Å². The molecule has 3 nitrogen and oxygen atoms in total. The van der Waals surface area contributed by atoms with Crippen molar-refractivity contribution >= 4 is 17.0 Å². The summed E-state index contributed by atoms with van der Waals surface area (Å²) in [6.07, 6.45) is 4.17. The molecule has 1 aliphatic rings. The molecular weight excluding hydrogens is 266 g/mol. The van der Waals surface area contributed by atoms with Crippen LogP contribution in [0.1, 0.15) is 42.3 Å². The zero-order chi connectivity index (χ0) is 13.8. The van der Waals surface area contributed by atoms with E-state index in [1.807, 2.05) is 6.20 Å². The lowest BCUT2D eigenvalue weighted by Crippen LogP contribution is -2.29. The summed E-state index contributed by atoms with van der Waals surface area (Å²) in [6, 6.07) is 9.05. The number of benzene rings is 1. The van der Waals surface area contributed by atoms with E-state index in [1.54, 1.807) is 11.3 Å². The Bertz CT molecular complexity index is 538. The molecule has 0 amide bonds. The number of anilines is 1. The minimum atomic E-state index is 0.386. The summed E-state index contributed by atoms with van der Waals surface area (Å²) in [4.78, 5) is 4.44. The minimum Gasteiger partial charge on any atom is -0.385 e. The van der Waals surface area contributed by atoms with Crippen LogP contribution in [0.2, 0.25) is 0 Å². The lowest BCUT2D eigenvalue weighted by atomic mass is 9.91. The molecule has 20 heavy (non-hydrogen) atoms. The zero-order valence-corrected chi connectivity index (χ0v) is 12.6. The van der Waals surface area contributed by atoms with Gasteiger partial charge in [0.2, 0.25) is 0 Å². The van der Waals surface area contributed by atoms with E-state index in [9.17, 15) is 0 Å². The van der Waals surface area contributed by atoms with Crippen LogP contribution in [-0.4, -0.2) is 18.1 Å². The summed E-state index contributed by atoms with van der Waals surface area (Å²) in [5, 5.41) is 10.4. The molecule has 0 spiro atoms. The van der Waals surface area contributed by atoms with E-state index in [2.05, 4.69) is 52.2 Å². The van der Waals surface area contributed by atoms with Gasteiger partial charge in [0.1, 0.15) is 5.01 Å². The highest BCUT2D eigenvalue weighted by atomic mass is 32.1. The van der Waals surface area contributed by atoms with Crippen molar-refractivity contribution in [3.05, 3.63) is 46.4 Å². The third-order valence-corrected chi connectivity index (χ3v) is 4.87. The van der Waals surface area contributed by atoms with Crippen molar-refractivity contribution in [3.63, 3.8) is 0 Å². The van der Waals surface area contributed by atoms with Crippen LogP contribution >= 0.6 is 11.3 Å². The Kier molecular flexibility index (Phi) is 4.33. The summed E-state index contributed by atoms with van der Waals surface area (Å²) in [5.41, 5.74) is 2.74. The molecule has 2 atom stereocenters. The molecule has 0 fully saturated rings. The van der Waals surface area contributed by atoms with Crippen LogP contribution in [0.15, 0.2) is 35.8 Å². The number of fused-ring (bicyclic) bond motifs is 1. The molecule has 0 aliphatic carbocycles. The number of hydrogen-bond acceptors (Lipinski definition) is 4. The Labute approximate surface area is 124 Å². The molecule has 2 unspecified atom stereocenters. The smallest absolute Gasteiger partial charge is 0.109 e. The van der Waals surface area contributed by atoms with Crippen molar-refractivity contribution < 1.29 is 0 Å². The second-order valence-corrected chi connectivity index (χ2v) is 6.17. The van der Waals surface area contributed by atoms with Crippen LogP contribution in [0.5, 0.6) is 0 Å². The summed E-state index contributed by atoms with van der Waals surface area (Å²) in [7, 11) is 0. The number of para-hydroxylation sites is 1. The SMILES string of the molecule is CCC(NCC1CCNc2ccccc21)c1nccs1. The third kappa shape index (κ3) is 2.86. The molecule has 0 bridgehead atoms. The number of nitrogens with zero attached hydrogens (tertiary/aromatic N) is 1. The average Bonchev–Trinajstić information content (AvgIpc) is 3.02. The molecule has 2 aromatic rings. The maximum atomic E-state index is 4.44. The monoisotopic (exact) mass is 287 g/mol. The lowest BCUT2D eigenvalue weighted by Gasteiger charge is -2.28. The second-order valence-electron chi connectivity index (χ2n) is 5.24. The Morgan fingerprint density at radius 1 is 1.45 bits per heavy atom. The number of hydrogen-bond donors (Lipinski definition) is 2. The number of rotatable bonds is 5. The van der Waals surface area contributed by atoms with E-state index in [0.717, 1.165) is 19.5 Å². The molecule has 1 aromatic heterocycles. The van der Waals surface area contributed by atoms with Gasteiger partial charge in [-0.3, -0.25) is 0 Å². The minimum absolute atomic E-state index is 0.386. The Morgan fingerprint density at radius 2 is 2.35 bits per heavy atom. The van der Waals surface area contributed by atoms with Crippen molar-refractivity contribution in [2.75, 3.05) is 18.4 Å². The van der Waals surface area contributed by atoms with Gasteiger partial charge in [0, 0.05) is 36.3 Å². The second kappa shape index (κ2) is 6.37. The van der Waals surface area contributed by atoms with Crippen molar-refractivity contribution in [3.8, 4) is 0 Å². The largest absolute Gasteiger partial charge is 0.385 e. The summed E-state index contributed by atoms with van der Waals surface area (Å²) in [5.74, 6) is 0.599. The van der Waals surface area contributed by atoms with Crippen molar-refractivity contribution in [2.24, 2.45) is 0 Å². The third-order valence-electron chi connectivity index (χ3n) is 3.98. The normalized spacial score (nSPS) is 19.1. The van der Waals surface area contributed by atoms with E-state index in [1.165, 1.54) is 22.7 Å². The van der Waals surface area contributed by atoms with Gasteiger partial charge in [-0.05, 0) is 24.5 Å². The molecule has 2 heterocycles. The molecular formula is C16H21N3S. The molecule has 106 valence electrons. The van der Waals surface area contributed by atoms with Gasteiger partial charge in [-0.2, -0.15) is 0 Å². The first-order chi connectivity index (χ1) is 9.88. The molecule has 3 rings (SSSR count). The standard InChI is InChI=1S/C16H21N3S/c1-2-14(16-18-9-10-20-16)19-11-12-7-8-17-15-6-4-3-5-13(12)15/h3-6,9-10,12,14,17,19H,2,7-8,11H2,1H3. The molecule has 1 aromatic carbocycles. The molecule has 0 saturated carbocycles. The predicted octanol–water partition coefficient (Wildman–Crippen LogP) is 3.78. The first-order valence-corrected chi connectivity index (χ1v) is 8.22. The molecule has 1 aliphatic heterocycles. The van der Waals surface area contributed by atoms with Crippen LogP contribution in [0, 0.1) is 0 Å². The molecule has 4 heteroatoms. The van der Waals surface area contributed by atoms with Crippen LogP contribution in [0.4, 0.5) is 5.69 Å². The van der Waals surface area contributed by atoms with Crippen LogP contribution in [0.3, 0.4) is 0 Å². The van der Waals surface area contributed by atoms with E-state index >= 15 is 0 Å². The van der Waals surface area contributed by atoms with E-state index in [4.69, 9.17) is 0 Å². The van der Waals surface area contributed by atoms with Gasteiger partial charge >= 0.3 is 0 Å². The van der Waals surface area contributed by atoms with Gasteiger partial charge in [-0.15, -0.1) is 11.3 Å². The highest BCUT2D eigenvalue weighted by molar-refractivity contribution is 7.09. The van der Waals surface area contributed by atoms with Gasteiger partial charge in [0.15, 0.2) is 0 Å². The Hall–Kier alpha value is -1.39. The van der Waals surface area contributed by atoms with Crippen molar-refractivity contribution in [1.82, 2.24) is 10.3 Å². The fraction of sp³-hybridized carbons (Fsp3) is 0.438. The molecule has 0 saturated heterocycles. The van der Waals surface area contributed by atoms with Crippen LogP contribution in [0.25, 0.3) is 0 Å². The summed E-state index contributed by atoms with van der Waals surface area (Å²) in [6.45, 7) is 4.31. The number of thiazole rings is 1.